The largest absolute Gasteiger partial charge is 0.469 e. The average Bonchev–Trinajstić information content (AvgIpc) is 3.47. The van der Waals surface area contributed by atoms with E-state index in [0.717, 1.165) is 0 Å². The molecule has 1 heterocycles. The minimum atomic E-state index is -1.01. The van der Waals surface area contributed by atoms with Crippen LogP contribution in [0.25, 0.3) is 0 Å². The predicted octanol–water partition coefficient (Wildman–Crippen LogP) is 0.725. The van der Waals surface area contributed by atoms with Gasteiger partial charge in [-0.15, -0.1) is 0 Å². The standard InChI is InChI=1S/C27H38N6O9S/c1-16(28-22(34)11-12-23(35)42-3)24(36)29-17(2)27(39)32-14-5-6-21(32)26(38)31-20(13-15-43-4)25(37)30-18-7-9-19(10-8-18)33(40)41/h7-10,16-17,20-21H,5-6,11-15H2,1-4H3,(H,28,34)(H,29,36)(H,30,37)(H,31,38)/t16-,17-,20-,21-/m0/s1. The molecule has 4 atom stereocenters. The number of nitro groups is 1. The first-order chi connectivity index (χ1) is 20.4. The number of esters is 1. The summed E-state index contributed by atoms with van der Waals surface area (Å²) in [5.41, 5.74) is 0.201. The molecule has 0 unspecified atom stereocenters. The molecule has 4 N–H and O–H groups in total. The molecule has 5 amide bonds. The Morgan fingerprint density at radius 2 is 1.70 bits per heavy atom. The lowest BCUT2D eigenvalue weighted by atomic mass is 10.1. The molecule has 0 spiro atoms. The number of non-ortho nitro benzene ring substituents is 1. The quantitative estimate of drug-likeness (QED) is 0.122. The molecule has 1 aliphatic rings. The zero-order valence-electron chi connectivity index (χ0n) is 24.5. The lowest BCUT2D eigenvalue weighted by Gasteiger charge is -2.29. The third-order valence-electron chi connectivity index (χ3n) is 6.71. The Morgan fingerprint density at radius 1 is 1.02 bits per heavy atom. The molecule has 1 fully saturated rings. The number of hydrogen-bond donors (Lipinski definition) is 4. The molecule has 2 rings (SSSR count). The highest BCUT2D eigenvalue weighted by Gasteiger charge is 2.38. The molecule has 16 heteroatoms. The Kier molecular flexibility index (Phi) is 13.9. The second kappa shape index (κ2) is 17.0. The summed E-state index contributed by atoms with van der Waals surface area (Å²) in [4.78, 5) is 87.0. The van der Waals surface area contributed by atoms with Gasteiger partial charge in [-0.2, -0.15) is 11.8 Å². The zero-order chi connectivity index (χ0) is 32.1. The minimum Gasteiger partial charge on any atom is -0.469 e. The van der Waals surface area contributed by atoms with Crippen LogP contribution in [0.4, 0.5) is 11.4 Å². The number of nitro benzene ring substituents is 1. The molecular formula is C27H38N6O9S. The molecule has 0 saturated carbocycles. The summed E-state index contributed by atoms with van der Waals surface area (Å²) in [6, 6.07) is 1.54. The van der Waals surface area contributed by atoms with E-state index in [1.54, 1.807) is 0 Å². The van der Waals surface area contributed by atoms with Gasteiger partial charge in [0.1, 0.15) is 24.2 Å². The Balaban J connectivity index is 1.99. The van der Waals surface area contributed by atoms with Crippen LogP contribution in [-0.2, 0) is 33.5 Å². The summed E-state index contributed by atoms with van der Waals surface area (Å²) in [6.07, 6.45) is 2.77. The maximum absolute atomic E-state index is 13.3. The number of carbonyl (C=O) groups is 6. The third kappa shape index (κ3) is 10.9. The van der Waals surface area contributed by atoms with Gasteiger partial charge in [0, 0.05) is 30.8 Å². The number of benzene rings is 1. The lowest BCUT2D eigenvalue weighted by Crippen LogP contribution is -2.56. The van der Waals surface area contributed by atoms with Crippen LogP contribution in [0.3, 0.4) is 0 Å². The molecule has 1 aromatic rings. The van der Waals surface area contributed by atoms with Crippen molar-refractivity contribution in [2.45, 2.75) is 70.1 Å². The Hall–Kier alpha value is -4.21. The van der Waals surface area contributed by atoms with Crippen LogP contribution in [0.5, 0.6) is 0 Å². The van der Waals surface area contributed by atoms with E-state index in [2.05, 4.69) is 26.0 Å². The van der Waals surface area contributed by atoms with Crippen LogP contribution >= 0.6 is 11.8 Å². The number of ether oxygens (including phenoxy) is 1. The van der Waals surface area contributed by atoms with Crippen LogP contribution in [0.1, 0.15) is 46.0 Å². The van der Waals surface area contributed by atoms with Crippen molar-refractivity contribution in [2.75, 3.05) is 31.0 Å². The topological polar surface area (TPSA) is 206 Å². The van der Waals surface area contributed by atoms with Crippen molar-refractivity contribution in [1.29, 1.82) is 0 Å². The van der Waals surface area contributed by atoms with Gasteiger partial charge in [0.05, 0.1) is 18.5 Å². The smallest absolute Gasteiger partial charge is 0.306 e. The van der Waals surface area contributed by atoms with Gasteiger partial charge in [-0.3, -0.25) is 38.9 Å². The van der Waals surface area contributed by atoms with E-state index >= 15 is 0 Å². The number of nitrogens with zero attached hydrogens (tertiary/aromatic N) is 2. The van der Waals surface area contributed by atoms with E-state index in [1.807, 2.05) is 6.26 Å². The Bertz CT molecular complexity index is 1200. The van der Waals surface area contributed by atoms with E-state index in [0.29, 0.717) is 30.7 Å². The van der Waals surface area contributed by atoms with Gasteiger partial charge in [0.15, 0.2) is 0 Å². The van der Waals surface area contributed by atoms with Gasteiger partial charge in [-0.1, -0.05) is 0 Å². The first-order valence-electron chi connectivity index (χ1n) is 13.7. The normalized spacial score (nSPS) is 16.3. The summed E-state index contributed by atoms with van der Waals surface area (Å²) >= 11 is 1.49. The number of hydrogen-bond acceptors (Lipinski definition) is 10. The molecule has 0 radical (unpaired) electrons. The Morgan fingerprint density at radius 3 is 2.30 bits per heavy atom. The summed E-state index contributed by atoms with van der Waals surface area (Å²) in [5.74, 6) is -2.66. The van der Waals surface area contributed by atoms with Crippen LogP contribution in [0, 0.1) is 10.1 Å². The average molecular weight is 623 g/mol. The molecule has 0 bridgehead atoms. The van der Waals surface area contributed by atoms with Gasteiger partial charge in [0.2, 0.25) is 29.5 Å². The lowest BCUT2D eigenvalue weighted by molar-refractivity contribution is -0.384. The molecule has 0 aromatic heterocycles. The molecular weight excluding hydrogens is 584 g/mol. The van der Waals surface area contributed by atoms with Gasteiger partial charge < -0.3 is 30.9 Å². The van der Waals surface area contributed by atoms with E-state index in [4.69, 9.17) is 0 Å². The zero-order valence-corrected chi connectivity index (χ0v) is 25.4. The van der Waals surface area contributed by atoms with Crippen LogP contribution in [0.15, 0.2) is 24.3 Å². The van der Waals surface area contributed by atoms with E-state index in [9.17, 15) is 38.9 Å². The summed E-state index contributed by atoms with van der Waals surface area (Å²) in [7, 11) is 1.20. The van der Waals surface area contributed by atoms with Gasteiger partial charge in [-0.25, -0.2) is 0 Å². The van der Waals surface area contributed by atoms with Crippen molar-refractivity contribution in [3.63, 3.8) is 0 Å². The molecule has 1 saturated heterocycles. The van der Waals surface area contributed by atoms with Gasteiger partial charge in [-0.05, 0) is 57.3 Å². The van der Waals surface area contributed by atoms with Gasteiger partial charge in [0.25, 0.3) is 5.69 Å². The van der Waals surface area contributed by atoms with E-state index < -0.39 is 64.6 Å². The second-order valence-corrected chi connectivity index (χ2v) is 10.9. The van der Waals surface area contributed by atoms with Crippen LogP contribution < -0.4 is 21.3 Å². The van der Waals surface area contributed by atoms with Crippen LogP contribution in [-0.4, -0.2) is 95.2 Å². The summed E-state index contributed by atoms with van der Waals surface area (Å²) in [6.45, 7) is 3.19. The monoisotopic (exact) mass is 622 g/mol. The molecule has 236 valence electrons. The Labute approximate surface area is 253 Å². The minimum absolute atomic E-state index is 0.128. The molecule has 43 heavy (non-hydrogen) atoms. The summed E-state index contributed by atoms with van der Waals surface area (Å²) in [5, 5.41) is 21.3. The second-order valence-electron chi connectivity index (χ2n) is 9.92. The highest BCUT2D eigenvalue weighted by atomic mass is 32.2. The van der Waals surface area contributed by atoms with E-state index in [-0.39, 0.29) is 25.1 Å². The molecule has 1 aliphatic heterocycles. The fraction of sp³-hybridized carbons (Fsp3) is 0.556. The number of carbonyl (C=O) groups excluding carboxylic acids is 6. The predicted molar refractivity (Wildman–Crippen MR) is 158 cm³/mol. The third-order valence-corrected chi connectivity index (χ3v) is 7.36. The molecule has 15 nitrogen and oxygen atoms in total. The highest BCUT2D eigenvalue weighted by molar-refractivity contribution is 7.98. The maximum atomic E-state index is 13.3. The molecule has 1 aromatic carbocycles. The fourth-order valence-electron chi connectivity index (χ4n) is 4.32. The first-order valence-corrected chi connectivity index (χ1v) is 15.1. The number of amides is 5. The number of nitrogens with one attached hydrogen (secondary N) is 4. The van der Waals surface area contributed by atoms with Crippen molar-refractivity contribution in [1.82, 2.24) is 20.9 Å². The SMILES string of the molecule is COC(=O)CCC(=O)N[C@@H](C)C(=O)N[C@@H](C)C(=O)N1CCC[C@H]1C(=O)N[C@@H](CCSC)C(=O)Nc1ccc([N+](=O)[O-])cc1. The summed E-state index contributed by atoms with van der Waals surface area (Å²) < 4.78 is 4.48. The number of rotatable bonds is 15. The molecule has 0 aliphatic carbocycles. The first kappa shape index (κ1) is 35.0. The van der Waals surface area contributed by atoms with E-state index in [1.165, 1.54) is 61.9 Å². The highest BCUT2D eigenvalue weighted by Crippen LogP contribution is 2.20. The van der Waals surface area contributed by atoms with Crippen molar-refractivity contribution in [3.8, 4) is 0 Å². The van der Waals surface area contributed by atoms with Crippen molar-refractivity contribution in [2.24, 2.45) is 0 Å². The van der Waals surface area contributed by atoms with Crippen molar-refractivity contribution < 1.29 is 38.4 Å². The van der Waals surface area contributed by atoms with Gasteiger partial charge >= 0.3 is 5.97 Å². The number of likely N-dealkylation sites (tertiary alicyclic amines) is 1. The number of methoxy groups -OCH3 is 1. The number of thioether (sulfide) groups is 1. The van der Waals surface area contributed by atoms with Crippen molar-refractivity contribution >= 4 is 58.6 Å². The van der Waals surface area contributed by atoms with Crippen molar-refractivity contribution in [3.05, 3.63) is 34.4 Å². The van der Waals surface area contributed by atoms with Crippen LogP contribution in [0.2, 0.25) is 0 Å². The fourth-order valence-corrected chi connectivity index (χ4v) is 4.79. The number of anilines is 1. The maximum Gasteiger partial charge on any atom is 0.306 e.